The van der Waals surface area contributed by atoms with Crippen molar-refractivity contribution in [3.05, 3.63) is 47.6 Å². The van der Waals surface area contributed by atoms with E-state index >= 15 is 0 Å². The van der Waals surface area contributed by atoms with Crippen molar-refractivity contribution in [2.75, 3.05) is 0 Å². The van der Waals surface area contributed by atoms with E-state index in [0.717, 1.165) is 12.0 Å². The van der Waals surface area contributed by atoms with Crippen LogP contribution in [0.1, 0.15) is 12.8 Å². The monoisotopic (exact) mass is 188 g/mol. The first-order valence-corrected chi connectivity index (χ1v) is 4.65. The molecule has 2 nitrogen and oxygen atoms in total. The third-order valence-electron chi connectivity index (χ3n) is 2.68. The molecule has 0 aromatic heterocycles. The van der Waals surface area contributed by atoms with Gasteiger partial charge in [0.05, 0.1) is 0 Å². The Labute approximate surface area is 82.9 Å². The summed E-state index contributed by atoms with van der Waals surface area (Å²) < 4.78 is 0. The van der Waals surface area contributed by atoms with E-state index in [1.165, 1.54) is 5.57 Å². The maximum Gasteiger partial charge on any atom is 0.331 e. The quantitative estimate of drug-likeness (QED) is 0.686. The number of rotatable bonds is 1. The average molecular weight is 188 g/mol. The summed E-state index contributed by atoms with van der Waals surface area (Å²) >= 11 is 0. The number of carbonyl (C=O) groups is 1. The lowest BCUT2D eigenvalue weighted by atomic mass is 9.80. The van der Waals surface area contributed by atoms with Crippen LogP contribution in [0.3, 0.4) is 0 Å². The smallest absolute Gasteiger partial charge is 0.331 e. The Hall–Kier alpha value is -1.57. The second-order valence-electron chi connectivity index (χ2n) is 3.74. The zero-order chi connectivity index (χ0) is 10.1. The summed E-state index contributed by atoms with van der Waals surface area (Å²) in [6.45, 7) is 3.89. The van der Waals surface area contributed by atoms with Crippen molar-refractivity contribution in [2.45, 2.75) is 12.8 Å². The van der Waals surface area contributed by atoms with Gasteiger partial charge in [0, 0.05) is 11.5 Å². The highest BCUT2D eigenvalue weighted by atomic mass is 16.4. The van der Waals surface area contributed by atoms with Crippen LogP contribution in [0.15, 0.2) is 47.6 Å². The maximum absolute atomic E-state index is 10.8. The van der Waals surface area contributed by atoms with Crippen LogP contribution in [-0.4, -0.2) is 11.1 Å². The minimum atomic E-state index is -0.807. The average Bonchev–Trinajstić information content (AvgIpc) is 2.16. The summed E-state index contributed by atoms with van der Waals surface area (Å²) in [7, 11) is 0. The Morgan fingerprint density at radius 3 is 3.00 bits per heavy atom. The van der Waals surface area contributed by atoms with E-state index in [0.29, 0.717) is 12.0 Å². The van der Waals surface area contributed by atoms with Crippen molar-refractivity contribution in [3.8, 4) is 0 Å². The van der Waals surface area contributed by atoms with E-state index in [1.807, 2.05) is 18.2 Å². The molecule has 0 heterocycles. The van der Waals surface area contributed by atoms with Gasteiger partial charge in [-0.2, -0.15) is 0 Å². The molecule has 0 spiro atoms. The summed E-state index contributed by atoms with van der Waals surface area (Å²) in [5, 5.41) is 8.84. The third kappa shape index (κ3) is 1.55. The number of carboxylic acids is 1. The molecule has 1 N–H and O–H groups in total. The molecule has 2 rings (SSSR count). The fourth-order valence-corrected chi connectivity index (χ4v) is 1.88. The van der Waals surface area contributed by atoms with Crippen LogP contribution >= 0.6 is 0 Å². The van der Waals surface area contributed by atoms with Gasteiger partial charge in [0.25, 0.3) is 0 Å². The Morgan fingerprint density at radius 2 is 2.29 bits per heavy atom. The normalized spacial score (nSPS) is 25.1. The van der Waals surface area contributed by atoms with Crippen molar-refractivity contribution in [1.82, 2.24) is 0 Å². The number of hydrogen-bond acceptors (Lipinski definition) is 1. The minimum absolute atomic E-state index is 0.275. The van der Waals surface area contributed by atoms with Gasteiger partial charge in [-0.05, 0) is 12.8 Å². The molecular weight excluding hydrogens is 176 g/mol. The molecule has 0 aliphatic heterocycles. The fourth-order valence-electron chi connectivity index (χ4n) is 1.88. The van der Waals surface area contributed by atoms with Crippen molar-refractivity contribution in [3.63, 3.8) is 0 Å². The summed E-state index contributed by atoms with van der Waals surface area (Å²) in [6, 6.07) is 0. The second kappa shape index (κ2) is 3.29. The van der Waals surface area contributed by atoms with E-state index in [4.69, 9.17) is 5.11 Å². The van der Waals surface area contributed by atoms with Crippen molar-refractivity contribution in [1.29, 1.82) is 0 Å². The van der Waals surface area contributed by atoms with Crippen molar-refractivity contribution in [2.24, 2.45) is 5.92 Å². The Balaban J connectivity index is 2.28. The minimum Gasteiger partial charge on any atom is -0.478 e. The van der Waals surface area contributed by atoms with Gasteiger partial charge in [-0.15, -0.1) is 0 Å². The molecule has 0 fully saturated rings. The van der Waals surface area contributed by atoms with Crippen LogP contribution in [0.25, 0.3) is 0 Å². The molecule has 0 amide bonds. The maximum atomic E-state index is 10.8. The molecule has 14 heavy (non-hydrogen) atoms. The van der Waals surface area contributed by atoms with Crippen LogP contribution in [-0.2, 0) is 4.79 Å². The Bertz CT molecular complexity index is 383. The highest BCUT2D eigenvalue weighted by Crippen LogP contribution is 2.34. The molecule has 0 bridgehead atoms. The second-order valence-corrected chi connectivity index (χ2v) is 3.74. The molecule has 2 aliphatic carbocycles. The van der Waals surface area contributed by atoms with Gasteiger partial charge >= 0.3 is 5.97 Å². The summed E-state index contributed by atoms with van der Waals surface area (Å²) in [6.07, 6.45) is 9.17. The van der Waals surface area contributed by atoms with E-state index in [1.54, 1.807) is 6.08 Å². The summed E-state index contributed by atoms with van der Waals surface area (Å²) in [4.78, 5) is 10.8. The van der Waals surface area contributed by atoms with E-state index in [2.05, 4.69) is 6.58 Å². The number of carboxylic acid groups (broad SMARTS) is 1. The van der Waals surface area contributed by atoms with Gasteiger partial charge in [0.15, 0.2) is 0 Å². The largest absolute Gasteiger partial charge is 0.478 e. The van der Waals surface area contributed by atoms with Crippen LogP contribution in [0, 0.1) is 5.92 Å². The Morgan fingerprint density at radius 1 is 1.50 bits per heavy atom. The standard InChI is InChI=1S/C12H12O2/c1-8-2-3-10-7-11(12(13)14)5-4-9(10)6-8/h2-5,10H,1,6-7H2,(H,13,14). The van der Waals surface area contributed by atoms with E-state index in [9.17, 15) is 4.79 Å². The predicted molar refractivity (Wildman–Crippen MR) is 54.8 cm³/mol. The molecule has 0 aromatic rings. The molecule has 0 aromatic carbocycles. The molecule has 2 aliphatic rings. The summed E-state index contributed by atoms with van der Waals surface area (Å²) in [5.41, 5.74) is 2.87. The highest BCUT2D eigenvalue weighted by molar-refractivity contribution is 5.87. The van der Waals surface area contributed by atoms with E-state index < -0.39 is 5.97 Å². The number of fused-ring (bicyclic) bond motifs is 1. The van der Waals surface area contributed by atoms with Gasteiger partial charge in [0.2, 0.25) is 0 Å². The lowest BCUT2D eigenvalue weighted by molar-refractivity contribution is -0.132. The lowest BCUT2D eigenvalue weighted by Crippen LogP contribution is -2.14. The first-order chi connectivity index (χ1) is 6.66. The zero-order valence-corrected chi connectivity index (χ0v) is 7.86. The highest BCUT2D eigenvalue weighted by Gasteiger charge is 2.22. The fraction of sp³-hybridized carbons (Fsp3) is 0.250. The number of aliphatic carboxylic acids is 1. The molecule has 1 unspecified atom stereocenters. The Kier molecular flexibility index (Phi) is 2.12. The summed E-state index contributed by atoms with van der Waals surface area (Å²) in [5.74, 6) is -0.533. The van der Waals surface area contributed by atoms with Crippen LogP contribution in [0.2, 0.25) is 0 Å². The number of allylic oxidation sites excluding steroid dienone is 6. The van der Waals surface area contributed by atoms with Gasteiger partial charge in [-0.25, -0.2) is 4.79 Å². The van der Waals surface area contributed by atoms with Gasteiger partial charge in [-0.3, -0.25) is 0 Å². The molecule has 0 radical (unpaired) electrons. The van der Waals surface area contributed by atoms with Gasteiger partial charge < -0.3 is 5.11 Å². The molecule has 72 valence electrons. The predicted octanol–water partition coefficient (Wildman–Crippen LogP) is 2.46. The molecule has 0 saturated heterocycles. The molecular formula is C12H12O2. The van der Waals surface area contributed by atoms with Crippen LogP contribution in [0.5, 0.6) is 0 Å². The SMILES string of the molecule is C=C1C=CC2CC(C(=O)O)=CC=C2C1. The van der Waals surface area contributed by atoms with Gasteiger partial charge in [-0.1, -0.05) is 42.0 Å². The molecule has 0 saturated carbocycles. The number of hydrogen-bond donors (Lipinski definition) is 1. The van der Waals surface area contributed by atoms with Gasteiger partial charge in [0.1, 0.15) is 0 Å². The molecule has 1 atom stereocenters. The van der Waals surface area contributed by atoms with Crippen molar-refractivity contribution < 1.29 is 9.90 Å². The zero-order valence-electron chi connectivity index (χ0n) is 7.86. The van der Waals surface area contributed by atoms with E-state index in [-0.39, 0.29) is 5.92 Å². The first kappa shape index (κ1) is 9.00. The molecule has 2 heteroatoms. The lowest BCUT2D eigenvalue weighted by Gasteiger charge is -2.24. The van der Waals surface area contributed by atoms with Crippen LogP contribution in [0.4, 0.5) is 0 Å². The first-order valence-electron chi connectivity index (χ1n) is 4.65. The van der Waals surface area contributed by atoms with Crippen LogP contribution < -0.4 is 0 Å². The van der Waals surface area contributed by atoms with Crippen molar-refractivity contribution >= 4 is 5.97 Å². The topological polar surface area (TPSA) is 37.3 Å². The third-order valence-corrected chi connectivity index (χ3v) is 2.68.